The number of carbonyl (C=O) groups excluding carboxylic acids is 2. The number of likely N-dealkylation sites (N-methyl/N-ethyl adjacent to an activating group) is 1. The van der Waals surface area contributed by atoms with Gasteiger partial charge >= 0.3 is 0 Å². The second-order valence-corrected chi connectivity index (χ2v) is 5.80. The van der Waals surface area contributed by atoms with Crippen molar-refractivity contribution in [3.63, 3.8) is 0 Å². The molecule has 1 aromatic carbocycles. The van der Waals surface area contributed by atoms with E-state index in [2.05, 4.69) is 0 Å². The number of rotatable bonds is 5. The second kappa shape index (κ2) is 6.97. The number of anilines is 1. The van der Waals surface area contributed by atoms with Gasteiger partial charge in [0.15, 0.2) is 6.61 Å². The zero-order chi connectivity index (χ0) is 17.1. The summed E-state index contributed by atoms with van der Waals surface area (Å²) in [4.78, 5) is 27.9. The van der Waals surface area contributed by atoms with Crippen molar-refractivity contribution >= 4 is 29.1 Å². The number of hydrogen-bond donors (Lipinski definition) is 0. The molecule has 0 N–H and O–H groups in total. The third-order valence-electron chi connectivity index (χ3n) is 3.82. The lowest BCUT2D eigenvalue weighted by atomic mass is 10.2. The summed E-state index contributed by atoms with van der Waals surface area (Å²) in [6, 6.07) is 8.60. The lowest BCUT2D eigenvalue weighted by Gasteiger charge is -2.31. The number of amides is 2. The molecular weight excluding hydrogens is 332 g/mol. The molecule has 2 amide bonds. The SMILES string of the molecule is CCN(Cc1ccco1)C(=O)CN1C(=O)COc2ccc(Cl)cc21. The zero-order valence-electron chi connectivity index (χ0n) is 13.2. The molecule has 0 unspecified atom stereocenters. The summed E-state index contributed by atoms with van der Waals surface area (Å²) < 4.78 is 10.7. The Hall–Kier alpha value is -2.47. The molecule has 6 nitrogen and oxygen atoms in total. The summed E-state index contributed by atoms with van der Waals surface area (Å²) in [6.45, 7) is 2.60. The number of fused-ring (bicyclic) bond motifs is 1. The molecule has 0 aliphatic carbocycles. The molecule has 2 heterocycles. The smallest absolute Gasteiger partial charge is 0.265 e. The molecule has 3 rings (SSSR count). The van der Waals surface area contributed by atoms with Gasteiger partial charge in [-0.05, 0) is 37.3 Å². The summed E-state index contributed by atoms with van der Waals surface area (Å²) in [5.74, 6) is 0.796. The van der Waals surface area contributed by atoms with Gasteiger partial charge in [0, 0.05) is 11.6 Å². The third-order valence-corrected chi connectivity index (χ3v) is 4.05. The Bertz CT molecular complexity index is 745. The van der Waals surface area contributed by atoms with Crippen LogP contribution >= 0.6 is 11.6 Å². The van der Waals surface area contributed by atoms with Crippen molar-refractivity contribution in [2.24, 2.45) is 0 Å². The Balaban J connectivity index is 1.78. The fourth-order valence-corrected chi connectivity index (χ4v) is 2.72. The maximum Gasteiger partial charge on any atom is 0.265 e. The van der Waals surface area contributed by atoms with Crippen molar-refractivity contribution < 1.29 is 18.7 Å². The minimum atomic E-state index is -0.271. The first-order chi connectivity index (χ1) is 11.6. The average molecular weight is 349 g/mol. The fourth-order valence-electron chi connectivity index (χ4n) is 2.55. The first kappa shape index (κ1) is 16.4. The summed E-state index contributed by atoms with van der Waals surface area (Å²) in [5.41, 5.74) is 0.515. The van der Waals surface area contributed by atoms with Crippen LogP contribution in [-0.2, 0) is 16.1 Å². The largest absolute Gasteiger partial charge is 0.482 e. The van der Waals surface area contributed by atoms with Crippen LogP contribution in [0, 0.1) is 0 Å². The topological polar surface area (TPSA) is 63.0 Å². The molecule has 7 heteroatoms. The van der Waals surface area contributed by atoms with E-state index in [9.17, 15) is 9.59 Å². The van der Waals surface area contributed by atoms with Crippen molar-refractivity contribution in [3.8, 4) is 5.75 Å². The van der Waals surface area contributed by atoms with E-state index in [0.29, 0.717) is 35.3 Å². The Morgan fingerprint density at radius 2 is 2.21 bits per heavy atom. The van der Waals surface area contributed by atoms with Crippen LogP contribution in [0.3, 0.4) is 0 Å². The lowest BCUT2D eigenvalue weighted by molar-refractivity contribution is -0.132. The van der Waals surface area contributed by atoms with Gasteiger partial charge in [-0.15, -0.1) is 0 Å². The van der Waals surface area contributed by atoms with Gasteiger partial charge in [-0.3, -0.25) is 14.5 Å². The van der Waals surface area contributed by atoms with E-state index in [1.807, 2.05) is 13.0 Å². The van der Waals surface area contributed by atoms with Crippen molar-refractivity contribution in [1.29, 1.82) is 0 Å². The van der Waals surface area contributed by atoms with Gasteiger partial charge in [0.25, 0.3) is 5.91 Å². The second-order valence-electron chi connectivity index (χ2n) is 5.37. The molecule has 0 atom stereocenters. The molecule has 1 aliphatic rings. The van der Waals surface area contributed by atoms with Crippen LogP contribution in [0.2, 0.25) is 5.02 Å². The zero-order valence-corrected chi connectivity index (χ0v) is 14.0. The number of hydrogen-bond acceptors (Lipinski definition) is 4. The highest BCUT2D eigenvalue weighted by molar-refractivity contribution is 6.31. The van der Waals surface area contributed by atoms with E-state index in [1.165, 1.54) is 4.90 Å². The monoisotopic (exact) mass is 348 g/mol. The minimum absolute atomic E-state index is 0.0654. The number of nitrogens with zero attached hydrogens (tertiary/aromatic N) is 2. The Morgan fingerprint density at radius 1 is 1.38 bits per heavy atom. The Labute approximate surface area is 144 Å². The molecular formula is C17H17ClN2O4. The summed E-state index contributed by atoms with van der Waals surface area (Å²) in [7, 11) is 0. The maximum atomic E-state index is 12.6. The van der Waals surface area contributed by atoms with Crippen LogP contribution in [-0.4, -0.2) is 36.4 Å². The summed E-state index contributed by atoms with van der Waals surface area (Å²) in [5, 5.41) is 0.479. The van der Waals surface area contributed by atoms with Gasteiger partial charge in [0.05, 0.1) is 18.5 Å². The van der Waals surface area contributed by atoms with Gasteiger partial charge in [0.2, 0.25) is 5.91 Å². The third kappa shape index (κ3) is 3.38. The molecule has 2 aromatic rings. The summed E-state index contributed by atoms with van der Waals surface area (Å²) in [6.07, 6.45) is 1.57. The molecule has 126 valence electrons. The van der Waals surface area contributed by atoms with Crippen LogP contribution < -0.4 is 9.64 Å². The van der Waals surface area contributed by atoms with Gasteiger partial charge in [0.1, 0.15) is 18.1 Å². The van der Waals surface area contributed by atoms with E-state index in [1.54, 1.807) is 35.4 Å². The van der Waals surface area contributed by atoms with Crippen molar-refractivity contribution in [2.45, 2.75) is 13.5 Å². The number of halogens is 1. The highest BCUT2D eigenvalue weighted by atomic mass is 35.5. The van der Waals surface area contributed by atoms with Crippen LogP contribution in [0.5, 0.6) is 5.75 Å². The van der Waals surface area contributed by atoms with E-state index in [4.69, 9.17) is 20.8 Å². The first-order valence-corrected chi connectivity index (χ1v) is 7.99. The molecule has 1 aliphatic heterocycles. The molecule has 0 saturated heterocycles. The van der Waals surface area contributed by atoms with Gasteiger partial charge in [-0.25, -0.2) is 0 Å². The molecule has 0 radical (unpaired) electrons. The van der Waals surface area contributed by atoms with Crippen molar-refractivity contribution in [3.05, 3.63) is 47.4 Å². The molecule has 0 saturated carbocycles. The maximum absolute atomic E-state index is 12.6. The quantitative estimate of drug-likeness (QED) is 0.833. The van der Waals surface area contributed by atoms with Gasteiger partial charge < -0.3 is 14.1 Å². The number of carbonyl (C=O) groups is 2. The predicted molar refractivity (Wildman–Crippen MR) is 89.1 cm³/mol. The minimum Gasteiger partial charge on any atom is -0.482 e. The van der Waals surface area contributed by atoms with E-state index >= 15 is 0 Å². The van der Waals surface area contributed by atoms with Crippen LogP contribution in [0.4, 0.5) is 5.69 Å². The molecule has 0 spiro atoms. The highest BCUT2D eigenvalue weighted by Gasteiger charge is 2.29. The standard InChI is InChI=1S/C17H17ClN2O4/c1-2-19(9-13-4-3-7-23-13)16(21)10-20-14-8-12(18)5-6-15(14)24-11-17(20)22/h3-8H,2,9-11H2,1H3. The van der Waals surface area contributed by atoms with E-state index in [0.717, 1.165) is 0 Å². The fraction of sp³-hybridized carbons (Fsp3) is 0.294. The van der Waals surface area contributed by atoms with Crippen LogP contribution in [0.15, 0.2) is 41.0 Å². The molecule has 0 fully saturated rings. The molecule has 0 bridgehead atoms. The first-order valence-electron chi connectivity index (χ1n) is 7.61. The van der Waals surface area contributed by atoms with Gasteiger partial charge in [-0.2, -0.15) is 0 Å². The summed E-state index contributed by atoms with van der Waals surface area (Å²) >= 11 is 6.01. The lowest BCUT2D eigenvalue weighted by Crippen LogP contribution is -2.46. The van der Waals surface area contributed by atoms with E-state index in [-0.39, 0.29) is 25.0 Å². The Morgan fingerprint density at radius 3 is 2.92 bits per heavy atom. The average Bonchev–Trinajstić information content (AvgIpc) is 3.08. The molecule has 1 aromatic heterocycles. The van der Waals surface area contributed by atoms with Crippen LogP contribution in [0.25, 0.3) is 0 Å². The van der Waals surface area contributed by atoms with Crippen molar-refractivity contribution in [2.75, 3.05) is 24.6 Å². The predicted octanol–water partition coefficient (Wildman–Crippen LogP) is 2.71. The van der Waals surface area contributed by atoms with Crippen LogP contribution in [0.1, 0.15) is 12.7 Å². The highest BCUT2D eigenvalue weighted by Crippen LogP contribution is 2.34. The van der Waals surface area contributed by atoms with Crippen molar-refractivity contribution in [1.82, 2.24) is 4.90 Å². The van der Waals surface area contributed by atoms with Gasteiger partial charge in [-0.1, -0.05) is 11.6 Å². The van der Waals surface area contributed by atoms with E-state index < -0.39 is 0 Å². The Kier molecular flexibility index (Phi) is 4.76. The number of benzene rings is 1. The number of ether oxygens (including phenoxy) is 1. The number of furan rings is 1. The molecule has 24 heavy (non-hydrogen) atoms. The normalized spacial score (nSPS) is 13.4.